The fourth-order valence-electron chi connectivity index (χ4n) is 1.84. The Hall–Kier alpha value is -0.280. The maximum atomic E-state index is 5.60. The van der Waals surface area contributed by atoms with Crippen LogP contribution in [0.25, 0.3) is 0 Å². The van der Waals surface area contributed by atoms with Crippen molar-refractivity contribution in [1.29, 1.82) is 0 Å². The van der Waals surface area contributed by atoms with Crippen LogP contribution < -0.4 is 5.32 Å². The van der Waals surface area contributed by atoms with Crippen LogP contribution >= 0.6 is 12.4 Å². The van der Waals surface area contributed by atoms with Gasteiger partial charge in [0.25, 0.3) is 0 Å². The Bertz CT molecular complexity index is 212. The first-order chi connectivity index (χ1) is 6.27. The van der Waals surface area contributed by atoms with Gasteiger partial charge < -0.3 is 10.1 Å². The van der Waals surface area contributed by atoms with Crippen molar-refractivity contribution in [3.63, 3.8) is 0 Å². The van der Waals surface area contributed by atoms with E-state index >= 15 is 0 Å². The van der Waals surface area contributed by atoms with Gasteiger partial charge in [-0.15, -0.1) is 12.4 Å². The molecule has 2 rings (SSSR count). The summed E-state index contributed by atoms with van der Waals surface area (Å²) in [6, 6.07) is 0.793. The lowest BCUT2D eigenvalue weighted by molar-refractivity contribution is 0.281. The van der Waals surface area contributed by atoms with Gasteiger partial charge in [-0.2, -0.15) is 0 Å². The highest BCUT2D eigenvalue weighted by molar-refractivity contribution is 5.85. The largest absolute Gasteiger partial charge is 0.478 e. The van der Waals surface area contributed by atoms with Gasteiger partial charge in [0.05, 0.1) is 12.1 Å². The molecule has 0 unspecified atom stereocenters. The topological polar surface area (TPSA) is 33.6 Å². The van der Waals surface area contributed by atoms with Gasteiger partial charge in [-0.05, 0) is 25.3 Å². The molecule has 14 heavy (non-hydrogen) atoms. The fraction of sp³-hybridized carbons (Fsp3) is 0.900. The molecule has 4 heteroatoms. The number of hydrogen-bond acceptors (Lipinski definition) is 3. The van der Waals surface area contributed by atoms with Crippen LogP contribution in [0.3, 0.4) is 0 Å². The normalized spacial score (nSPS) is 31.2. The Balaban J connectivity index is 0.000000980. The minimum absolute atomic E-state index is 0. The summed E-state index contributed by atoms with van der Waals surface area (Å²) in [7, 11) is 0. The van der Waals surface area contributed by atoms with Crippen molar-refractivity contribution in [2.75, 3.05) is 13.2 Å². The summed E-state index contributed by atoms with van der Waals surface area (Å²) in [6.07, 6.45) is 2.43. The summed E-state index contributed by atoms with van der Waals surface area (Å²) in [4.78, 5) is 4.60. The van der Waals surface area contributed by atoms with Gasteiger partial charge in [0.1, 0.15) is 6.61 Å². The van der Waals surface area contributed by atoms with Crippen LogP contribution in [-0.4, -0.2) is 31.1 Å². The van der Waals surface area contributed by atoms with Crippen molar-refractivity contribution in [2.45, 2.75) is 38.8 Å². The summed E-state index contributed by atoms with van der Waals surface area (Å²) < 4.78 is 5.60. The van der Waals surface area contributed by atoms with Gasteiger partial charge in [0.2, 0.25) is 5.90 Å². The molecule has 0 saturated carbocycles. The van der Waals surface area contributed by atoms with Crippen LogP contribution in [-0.2, 0) is 4.74 Å². The molecular weight excluding hydrogens is 200 g/mol. The number of hydrogen-bond donors (Lipinski definition) is 1. The SMILES string of the molecule is CC(C)[C@H]1COC([C@@H]2CCCN2)=N1.Cl. The minimum atomic E-state index is 0. The predicted octanol–water partition coefficient (Wildman–Crippen LogP) is 1.61. The van der Waals surface area contributed by atoms with Gasteiger partial charge >= 0.3 is 0 Å². The molecule has 0 aromatic heterocycles. The van der Waals surface area contributed by atoms with E-state index in [4.69, 9.17) is 4.74 Å². The van der Waals surface area contributed by atoms with Crippen LogP contribution in [0.1, 0.15) is 26.7 Å². The molecule has 0 amide bonds. The van der Waals surface area contributed by atoms with E-state index in [-0.39, 0.29) is 12.4 Å². The van der Waals surface area contributed by atoms with E-state index < -0.39 is 0 Å². The minimum Gasteiger partial charge on any atom is -0.478 e. The molecule has 1 N–H and O–H groups in total. The Kier molecular flexibility index (Phi) is 4.20. The second kappa shape index (κ2) is 4.99. The third kappa shape index (κ3) is 2.39. The Morgan fingerprint density at radius 3 is 2.79 bits per heavy atom. The summed E-state index contributed by atoms with van der Waals surface area (Å²) >= 11 is 0. The molecule has 0 aromatic rings. The van der Waals surface area contributed by atoms with Gasteiger partial charge in [-0.1, -0.05) is 13.8 Å². The monoisotopic (exact) mass is 218 g/mol. The molecule has 2 aliphatic heterocycles. The molecule has 2 aliphatic rings. The second-order valence-corrected chi connectivity index (χ2v) is 4.24. The highest BCUT2D eigenvalue weighted by Gasteiger charge is 2.28. The lowest BCUT2D eigenvalue weighted by atomic mass is 10.1. The summed E-state index contributed by atoms with van der Waals surface area (Å²) in [5.74, 6) is 1.55. The first kappa shape index (κ1) is 11.8. The zero-order chi connectivity index (χ0) is 9.26. The van der Waals surface area contributed by atoms with E-state index in [0.717, 1.165) is 19.0 Å². The second-order valence-electron chi connectivity index (χ2n) is 4.24. The fourth-order valence-corrected chi connectivity index (χ4v) is 1.84. The van der Waals surface area contributed by atoms with Crippen molar-refractivity contribution >= 4 is 18.3 Å². The zero-order valence-electron chi connectivity index (χ0n) is 8.82. The molecule has 2 heterocycles. The zero-order valence-corrected chi connectivity index (χ0v) is 9.64. The quantitative estimate of drug-likeness (QED) is 0.764. The maximum absolute atomic E-state index is 5.60. The van der Waals surface area contributed by atoms with Crippen LogP contribution in [0.2, 0.25) is 0 Å². The van der Waals surface area contributed by atoms with Crippen molar-refractivity contribution in [1.82, 2.24) is 5.32 Å². The molecule has 2 atom stereocenters. The van der Waals surface area contributed by atoms with E-state index in [9.17, 15) is 0 Å². The van der Waals surface area contributed by atoms with E-state index in [0.29, 0.717) is 18.0 Å². The molecule has 1 fully saturated rings. The molecule has 0 radical (unpaired) electrons. The van der Waals surface area contributed by atoms with Gasteiger partial charge in [-0.3, -0.25) is 0 Å². The number of nitrogens with one attached hydrogen (secondary N) is 1. The third-order valence-corrected chi connectivity index (χ3v) is 2.82. The molecular formula is C10H19ClN2O. The van der Waals surface area contributed by atoms with E-state index in [1.54, 1.807) is 0 Å². The summed E-state index contributed by atoms with van der Waals surface area (Å²) in [5.41, 5.74) is 0. The van der Waals surface area contributed by atoms with E-state index in [1.807, 2.05) is 0 Å². The van der Waals surface area contributed by atoms with Crippen molar-refractivity contribution < 1.29 is 4.74 Å². The standard InChI is InChI=1S/C10H18N2O.ClH/c1-7(2)9-6-13-10(12-9)8-4-3-5-11-8;/h7-9,11H,3-6H2,1-2H3;1H/t8-,9+;/m0./s1. The molecule has 0 bridgehead atoms. The molecule has 82 valence electrons. The van der Waals surface area contributed by atoms with Crippen LogP contribution in [0.5, 0.6) is 0 Å². The maximum Gasteiger partial charge on any atom is 0.201 e. The van der Waals surface area contributed by atoms with Crippen molar-refractivity contribution in [3.05, 3.63) is 0 Å². The number of nitrogens with zero attached hydrogens (tertiary/aromatic N) is 1. The molecule has 3 nitrogen and oxygen atoms in total. The lowest BCUT2D eigenvalue weighted by Crippen LogP contribution is -2.30. The van der Waals surface area contributed by atoms with E-state index in [2.05, 4.69) is 24.2 Å². The van der Waals surface area contributed by atoms with Gasteiger partial charge in [0.15, 0.2) is 0 Å². The highest BCUT2D eigenvalue weighted by atomic mass is 35.5. The lowest BCUT2D eigenvalue weighted by Gasteiger charge is -2.08. The highest BCUT2D eigenvalue weighted by Crippen LogP contribution is 2.18. The average molecular weight is 219 g/mol. The summed E-state index contributed by atoms with van der Waals surface area (Å²) in [5, 5.41) is 3.40. The molecule has 0 spiro atoms. The number of aliphatic imine (C=N–C) groups is 1. The third-order valence-electron chi connectivity index (χ3n) is 2.82. The van der Waals surface area contributed by atoms with Gasteiger partial charge in [-0.25, -0.2) is 4.99 Å². The smallest absolute Gasteiger partial charge is 0.201 e. The first-order valence-corrected chi connectivity index (χ1v) is 5.21. The Morgan fingerprint density at radius 2 is 2.29 bits per heavy atom. The summed E-state index contributed by atoms with van der Waals surface area (Å²) in [6.45, 7) is 6.29. The van der Waals surface area contributed by atoms with Crippen LogP contribution in [0, 0.1) is 5.92 Å². The number of rotatable bonds is 2. The van der Waals surface area contributed by atoms with Crippen molar-refractivity contribution in [2.24, 2.45) is 10.9 Å². The van der Waals surface area contributed by atoms with E-state index in [1.165, 1.54) is 12.8 Å². The predicted molar refractivity (Wildman–Crippen MR) is 60.3 cm³/mol. The number of halogens is 1. The van der Waals surface area contributed by atoms with Crippen LogP contribution in [0.15, 0.2) is 4.99 Å². The van der Waals surface area contributed by atoms with Crippen LogP contribution in [0.4, 0.5) is 0 Å². The van der Waals surface area contributed by atoms with Gasteiger partial charge in [0, 0.05) is 0 Å². The Morgan fingerprint density at radius 1 is 1.50 bits per heavy atom. The average Bonchev–Trinajstić information content (AvgIpc) is 2.75. The molecule has 1 saturated heterocycles. The first-order valence-electron chi connectivity index (χ1n) is 5.21. The molecule has 0 aromatic carbocycles. The number of ether oxygens (including phenoxy) is 1. The molecule has 0 aliphatic carbocycles. The Labute approximate surface area is 91.7 Å². The van der Waals surface area contributed by atoms with Crippen molar-refractivity contribution in [3.8, 4) is 0 Å².